The van der Waals surface area contributed by atoms with Gasteiger partial charge in [0.05, 0.1) is 11.8 Å². The summed E-state index contributed by atoms with van der Waals surface area (Å²) in [6.07, 6.45) is 5.46. The molecule has 2 aliphatic rings. The lowest BCUT2D eigenvalue weighted by molar-refractivity contribution is -0.394. The van der Waals surface area contributed by atoms with E-state index in [2.05, 4.69) is 10.1 Å². The van der Waals surface area contributed by atoms with E-state index in [1.54, 1.807) is 24.3 Å². The number of benzene rings is 2. The Morgan fingerprint density at radius 2 is 1.80 bits per heavy atom. The zero-order chi connectivity index (χ0) is 24.5. The molecule has 3 aromatic rings. The van der Waals surface area contributed by atoms with E-state index < -0.39 is 22.8 Å². The summed E-state index contributed by atoms with van der Waals surface area (Å²) in [5.74, 6) is -1.86. The molecule has 0 saturated heterocycles. The first-order chi connectivity index (χ1) is 16.9. The molecule has 1 fully saturated rings. The molecule has 0 radical (unpaired) electrons. The number of hydrogen-bond donors (Lipinski definition) is 0. The van der Waals surface area contributed by atoms with Crippen LogP contribution in [0.15, 0.2) is 65.5 Å². The number of nitro groups is 1. The van der Waals surface area contributed by atoms with Gasteiger partial charge in [-0.15, -0.1) is 0 Å². The second-order valence-electron chi connectivity index (χ2n) is 8.44. The second kappa shape index (κ2) is 9.16. The van der Waals surface area contributed by atoms with Gasteiger partial charge < -0.3 is 10.1 Å². The van der Waals surface area contributed by atoms with Crippen LogP contribution in [0.5, 0.6) is 0 Å². The number of halogens is 2. The molecule has 0 bridgehead atoms. The third kappa shape index (κ3) is 4.57. The molecule has 2 atom stereocenters. The number of allylic oxidation sites excluding steroid dienone is 1. The second-order valence-corrected chi connectivity index (χ2v) is 8.44. The van der Waals surface area contributed by atoms with Gasteiger partial charge in [0.15, 0.2) is 0 Å². The summed E-state index contributed by atoms with van der Waals surface area (Å²) in [7, 11) is 0. The predicted octanol–water partition coefficient (Wildman–Crippen LogP) is 4.29. The Hall–Kier alpha value is -4.28. The summed E-state index contributed by atoms with van der Waals surface area (Å²) < 4.78 is 28.1. The van der Waals surface area contributed by atoms with E-state index in [1.807, 2.05) is 6.08 Å². The van der Waals surface area contributed by atoms with Gasteiger partial charge in [-0.2, -0.15) is 9.78 Å². The number of hydrazone groups is 1. The Labute approximate surface area is 198 Å². The minimum atomic E-state index is -0.737. The molecule has 0 N–H and O–H groups in total. The fourth-order valence-electron chi connectivity index (χ4n) is 4.62. The Balaban J connectivity index is 1.50. The van der Waals surface area contributed by atoms with Crippen molar-refractivity contribution < 1.29 is 18.5 Å². The van der Waals surface area contributed by atoms with Crippen LogP contribution in [0.25, 0.3) is 6.08 Å². The van der Waals surface area contributed by atoms with Gasteiger partial charge >= 0.3 is 5.95 Å². The molecule has 5 rings (SSSR count). The smallest absolute Gasteiger partial charge is 0.390 e. The van der Waals surface area contributed by atoms with Crippen molar-refractivity contribution in [2.45, 2.75) is 31.8 Å². The van der Waals surface area contributed by atoms with Gasteiger partial charge in [0.1, 0.15) is 18.2 Å². The van der Waals surface area contributed by atoms with Crippen LogP contribution in [-0.4, -0.2) is 36.3 Å². The molecule has 0 spiro atoms. The van der Waals surface area contributed by atoms with Gasteiger partial charge in [-0.05, 0) is 71.2 Å². The van der Waals surface area contributed by atoms with Crippen molar-refractivity contribution in [2.24, 2.45) is 11.0 Å². The molecule has 2 unspecified atom stereocenters. The highest BCUT2D eigenvalue weighted by molar-refractivity contribution is 6.08. The van der Waals surface area contributed by atoms with Gasteiger partial charge in [-0.3, -0.25) is 4.79 Å². The van der Waals surface area contributed by atoms with E-state index >= 15 is 0 Å². The van der Waals surface area contributed by atoms with Crippen LogP contribution in [0.3, 0.4) is 0 Å². The third-order valence-electron chi connectivity index (χ3n) is 6.16. The van der Waals surface area contributed by atoms with Gasteiger partial charge in [0, 0.05) is 11.0 Å². The van der Waals surface area contributed by atoms with Crippen LogP contribution < -0.4 is 0 Å². The van der Waals surface area contributed by atoms with Crippen LogP contribution >= 0.6 is 0 Å². The molecule has 9 nitrogen and oxygen atoms in total. The molecule has 2 aromatic carbocycles. The molecule has 35 heavy (non-hydrogen) atoms. The first-order valence-electron chi connectivity index (χ1n) is 11.1. The van der Waals surface area contributed by atoms with Gasteiger partial charge in [-0.25, -0.2) is 13.8 Å². The molecule has 1 aliphatic heterocycles. The summed E-state index contributed by atoms with van der Waals surface area (Å²) in [4.78, 5) is 27.1. The molecule has 1 saturated carbocycles. The zero-order valence-electron chi connectivity index (χ0n) is 18.4. The van der Waals surface area contributed by atoms with Crippen LogP contribution in [0.4, 0.5) is 14.7 Å². The maximum Gasteiger partial charge on any atom is 0.490 e. The standard InChI is InChI=1S/C24H20F2N6O3/c25-18-8-4-15(5-9-18)12-17-2-1-3-20-22(17)28-31(23(20)16-6-10-19(26)11-7-16)21(33)13-30-14-27-24(29-30)32(34)35/h4-12,14,20,23H,1-3,13H2/b17-12-. The van der Waals surface area contributed by atoms with Crippen molar-refractivity contribution in [2.75, 3.05) is 0 Å². The van der Waals surface area contributed by atoms with Crippen molar-refractivity contribution in [3.05, 3.63) is 93.3 Å². The average Bonchev–Trinajstić information content (AvgIpc) is 3.47. The van der Waals surface area contributed by atoms with Gasteiger partial charge in [0.2, 0.25) is 6.33 Å². The van der Waals surface area contributed by atoms with Crippen molar-refractivity contribution in [3.63, 3.8) is 0 Å². The lowest BCUT2D eigenvalue weighted by atomic mass is 9.77. The summed E-state index contributed by atoms with van der Waals surface area (Å²) in [6, 6.07) is 11.6. The summed E-state index contributed by atoms with van der Waals surface area (Å²) >= 11 is 0. The molecular formula is C24H20F2N6O3. The fraction of sp³-hybridized carbons (Fsp3) is 0.250. The summed E-state index contributed by atoms with van der Waals surface area (Å²) in [5.41, 5.74) is 3.26. The van der Waals surface area contributed by atoms with Gasteiger partial charge in [-0.1, -0.05) is 29.2 Å². The molecule has 2 heterocycles. The first kappa shape index (κ1) is 22.5. The maximum atomic E-state index is 13.6. The molecular weight excluding hydrogens is 458 g/mol. The summed E-state index contributed by atoms with van der Waals surface area (Å²) in [6.45, 7) is -0.293. The lowest BCUT2D eigenvalue weighted by Crippen LogP contribution is -2.34. The Morgan fingerprint density at radius 1 is 1.11 bits per heavy atom. The minimum absolute atomic E-state index is 0.116. The molecule has 1 aromatic heterocycles. The highest BCUT2D eigenvalue weighted by Gasteiger charge is 2.43. The Kier molecular flexibility index (Phi) is 5.89. The van der Waals surface area contributed by atoms with Crippen LogP contribution in [0, 0.1) is 27.7 Å². The lowest BCUT2D eigenvalue weighted by Gasteiger charge is -2.29. The SMILES string of the molecule is O=C(Cn1cnc([N+](=O)[O-])n1)N1N=C2/C(=C\c3ccc(F)cc3)CCCC2C1c1ccc(F)cc1. The number of carbonyl (C=O) groups is 1. The normalized spacial score (nSPS) is 20.6. The van der Waals surface area contributed by atoms with E-state index in [-0.39, 0.29) is 24.1 Å². The number of rotatable bonds is 5. The van der Waals surface area contributed by atoms with E-state index in [0.29, 0.717) is 0 Å². The van der Waals surface area contributed by atoms with Crippen LogP contribution in [0.1, 0.15) is 36.4 Å². The number of nitrogens with zero attached hydrogens (tertiary/aromatic N) is 6. The number of amides is 1. The molecule has 1 amide bonds. The highest BCUT2D eigenvalue weighted by Crippen LogP contribution is 2.44. The highest BCUT2D eigenvalue weighted by atomic mass is 19.1. The van der Waals surface area contributed by atoms with E-state index in [0.717, 1.165) is 52.7 Å². The minimum Gasteiger partial charge on any atom is -0.390 e. The quantitative estimate of drug-likeness (QED) is 0.402. The Bertz CT molecular complexity index is 1330. The van der Waals surface area contributed by atoms with E-state index in [9.17, 15) is 23.7 Å². The van der Waals surface area contributed by atoms with E-state index in [1.165, 1.54) is 29.3 Å². The van der Waals surface area contributed by atoms with Gasteiger partial charge in [0.25, 0.3) is 5.91 Å². The first-order valence-corrected chi connectivity index (χ1v) is 11.1. The number of hydrogen-bond acceptors (Lipinski definition) is 6. The number of aromatic nitrogens is 3. The summed E-state index contributed by atoms with van der Waals surface area (Å²) in [5, 5.41) is 20.7. The van der Waals surface area contributed by atoms with Crippen molar-refractivity contribution in [1.82, 2.24) is 19.8 Å². The monoisotopic (exact) mass is 478 g/mol. The Morgan fingerprint density at radius 3 is 2.46 bits per heavy atom. The van der Waals surface area contributed by atoms with Crippen molar-refractivity contribution in [1.29, 1.82) is 0 Å². The van der Waals surface area contributed by atoms with Crippen LogP contribution in [-0.2, 0) is 11.3 Å². The average molecular weight is 478 g/mol. The molecule has 11 heteroatoms. The van der Waals surface area contributed by atoms with Crippen molar-refractivity contribution in [3.8, 4) is 0 Å². The van der Waals surface area contributed by atoms with Crippen LogP contribution in [0.2, 0.25) is 0 Å². The predicted molar refractivity (Wildman–Crippen MR) is 122 cm³/mol. The largest absolute Gasteiger partial charge is 0.490 e. The molecule has 178 valence electrons. The van der Waals surface area contributed by atoms with E-state index in [4.69, 9.17) is 5.10 Å². The maximum absolute atomic E-state index is 13.6. The zero-order valence-corrected chi connectivity index (χ0v) is 18.4. The van der Waals surface area contributed by atoms with Crippen molar-refractivity contribution >= 4 is 23.6 Å². The topological polar surface area (TPSA) is 107 Å². The molecule has 1 aliphatic carbocycles. The third-order valence-corrected chi connectivity index (χ3v) is 6.16. The number of fused-ring (bicyclic) bond motifs is 1. The number of carbonyl (C=O) groups excluding carboxylic acids is 1. The fourth-order valence-corrected chi connectivity index (χ4v) is 4.62.